The van der Waals surface area contributed by atoms with Gasteiger partial charge >= 0.3 is 0 Å². The minimum absolute atomic E-state index is 0.421. The number of hydrogen-bond donors (Lipinski definition) is 2. The van der Waals surface area contributed by atoms with Gasteiger partial charge in [0.25, 0.3) is 0 Å². The van der Waals surface area contributed by atoms with Gasteiger partial charge < -0.3 is 11.1 Å². The number of nitrogens with one attached hydrogen (secondary N) is 1. The zero-order valence-electron chi connectivity index (χ0n) is 8.97. The SMILES string of the molecule is NC1CC=C(C2CCCCCN2)CC1. The molecule has 80 valence electrons. The molecule has 2 heteroatoms. The van der Waals surface area contributed by atoms with Crippen LogP contribution >= 0.6 is 0 Å². The van der Waals surface area contributed by atoms with Crippen LogP contribution < -0.4 is 11.1 Å². The first-order valence-corrected chi connectivity index (χ1v) is 6.04. The lowest BCUT2D eigenvalue weighted by Gasteiger charge is -2.25. The molecule has 0 amide bonds. The fourth-order valence-electron chi connectivity index (χ4n) is 2.54. The quantitative estimate of drug-likeness (QED) is 0.626. The van der Waals surface area contributed by atoms with Crippen LogP contribution in [0.25, 0.3) is 0 Å². The van der Waals surface area contributed by atoms with Crippen LogP contribution in [0.2, 0.25) is 0 Å². The fourth-order valence-corrected chi connectivity index (χ4v) is 2.54. The predicted molar refractivity (Wildman–Crippen MR) is 60.2 cm³/mol. The third kappa shape index (κ3) is 2.58. The summed E-state index contributed by atoms with van der Waals surface area (Å²) in [6, 6.07) is 1.09. The molecule has 0 aromatic heterocycles. The van der Waals surface area contributed by atoms with Crippen LogP contribution in [0.1, 0.15) is 44.9 Å². The van der Waals surface area contributed by atoms with Gasteiger partial charge in [-0.1, -0.05) is 24.5 Å². The molecule has 2 nitrogen and oxygen atoms in total. The van der Waals surface area contributed by atoms with E-state index in [1.54, 1.807) is 5.57 Å². The van der Waals surface area contributed by atoms with Crippen LogP contribution in [0, 0.1) is 0 Å². The largest absolute Gasteiger partial charge is 0.327 e. The Balaban J connectivity index is 1.92. The summed E-state index contributed by atoms with van der Waals surface area (Å²) in [6.07, 6.45) is 11.4. The Hall–Kier alpha value is -0.340. The molecule has 1 aliphatic carbocycles. The average molecular weight is 194 g/mol. The van der Waals surface area contributed by atoms with Crippen LogP contribution in [0.4, 0.5) is 0 Å². The highest BCUT2D eigenvalue weighted by atomic mass is 14.9. The molecule has 2 unspecified atom stereocenters. The Morgan fingerprint density at radius 2 is 2.14 bits per heavy atom. The van der Waals surface area contributed by atoms with Crippen molar-refractivity contribution in [3.63, 3.8) is 0 Å². The van der Waals surface area contributed by atoms with E-state index in [1.165, 1.54) is 45.1 Å². The summed E-state index contributed by atoms with van der Waals surface area (Å²) in [4.78, 5) is 0. The highest BCUT2D eigenvalue weighted by Crippen LogP contribution is 2.24. The fraction of sp³-hybridized carbons (Fsp3) is 0.833. The van der Waals surface area contributed by atoms with E-state index in [0.29, 0.717) is 12.1 Å². The standard InChI is InChI=1S/C12H22N2/c13-11-7-5-10(6-8-11)12-4-2-1-3-9-14-12/h5,11-12,14H,1-4,6-9,13H2. The van der Waals surface area contributed by atoms with Crippen molar-refractivity contribution in [3.05, 3.63) is 11.6 Å². The molecule has 1 saturated heterocycles. The summed E-state index contributed by atoms with van der Waals surface area (Å²) >= 11 is 0. The molecule has 0 radical (unpaired) electrons. The summed E-state index contributed by atoms with van der Waals surface area (Å²) in [7, 11) is 0. The third-order valence-electron chi connectivity index (χ3n) is 3.49. The van der Waals surface area contributed by atoms with Gasteiger partial charge in [0.15, 0.2) is 0 Å². The molecule has 0 spiro atoms. The van der Waals surface area contributed by atoms with Gasteiger partial charge in [0, 0.05) is 12.1 Å². The molecule has 0 aromatic carbocycles. The van der Waals surface area contributed by atoms with Crippen molar-refractivity contribution in [1.82, 2.24) is 5.32 Å². The van der Waals surface area contributed by atoms with E-state index in [9.17, 15) is 0 Å². The Morgan fingerprint density at radius 1 is 1.21 bits per heavy atom. The molecule has 1 aliphatic heterocycles. The van der Waals surface area contributed by atoms with Gasteiger partial charge in [0.2, 0.25) is 0 Å². The minimum Gasteiger partial charge on any atom is -0.327 e. The van der Waals surface area contributed by atoms with Crippen molar-refractivity contribution < 1.29 is 0 Å². The second-order valence-corrected chi connectivity index (χ2v) is 4.67. The van der Waals surface area contributed by atoms with Gasteiger partial charge in [-0.05, 0) is 38.6 Å². The Morgan fingerprint density at radius 3 is 2.93 bits per heavy atom. The predicted octanol–water partition coefficient (Wildman–Crippen LogP) is 1.96. The molecular weight excluding hydrogens is 172 g/mol. The lowest BCUT2D eigenvalue weighted by molar-refractivity contribution is 0.505. The molecule has 14 heavy (non-hydrogen) atoms. The Bertz CT molecular complexity index is 202. The molecule has 0 bridgehead atoms. The van der Waals surface area contributed by atoms with E-state index in [-0.39, 0.29) is 0 Å². The average Bonchev–Trinajstić information content (AvgIpc) is 2.47. The lowest BCUT2D eigenvalue weighted by Crippen LogP contribution is -2.33. The van der Waals surface area contributed by atoms with Crippen LogP contribution in [-0.4, -0.2) is 18.6 Å². The Labute approximate surface area is 86.9 Å². The highest BCUT2D eigenvalue weighted by Gasteiger charge is 2.19. The van der Waals surface area contributed by atoms with Crippen molar-refractivity contribution >= 4 is 0 Å². The maximum atomic E-state index is 5.89. The van der Waals surface area contributed by atoms with Gasteiger partial charge in [0.05, 0.1) is 0 Å². The van der Waals surface area contributed by atoms with Crippen LogP contribution in [-0.2, 0) is 0 Å². The number of hydrogen-bond acceptors (Lipinski definition) is 2. The normalized spacial score (nSPS) is 34.8. The van der Waals surface area contributed by atoms with Gasteiger partial charge in [-0.25, -0.2) is 0 Å². The van der Waals surface area contributed by atoms with Crippen molar-refractivity contribution in [3.8, 4) is 0 Å². The Kier molecular flexibility index (Phi) is 3.60. The second kappa shape index (κ2) is 4.94. The van der Waals surface area contributed by atoms with E-state index in [2.05, 4.69) is 11.4 Å². The highest BCUT2D eigenvalue weighted by molar-refractivity contribution is 5.15. The number of nitrogens with two attached hydrogens (primary N) is 1. The molecule has 0 saturated carbocycles. The smallest absolute Gasteiger partial charge is 0.0279 e. The van der Waals surface area contributed by atoms with Crippen molar-refractivity contribution in [2.24, 2.45) is 5.73 Å². The van der Waals surface area contributed by atoms with Gasteiger partial charge in [-0.3, -0.25) is 0 Å². The second-order valence-electron chi connectivity index (χ2n) is 4.67. The summed E-state index contributed by atoms with van der Waals surface area (Å²) in [5, 5.41) is 3.66. The third-order valence-corrected chi connectivity index (χ3v) is 3.49. The summed E-state index contributed by atoms with van der Waals surface area (Å²) < 4.78 is 0. The molecular formula is C12H22N2. The van der Waals surface area contributed by atoms with Crippen LogP contribution in [0.3, 0.4) is 0 Å². The first-order chi connectivity index (χ1) is 6.86. The summed E-state index contributed by atoms with van der Waals surface area (Å²) in [5.41, 5.74) is 7.53. The van der Waals surface area contributed by atoms with Crippen molar-refractivity contribution in [1.29, 1.82) is 0 Å². The number of rotatable bonds is 1. The minimum atomic E-state index is 0.421. The topological polar surface area (TPSA) is 38.0 Å². The van der Waals surface area contributed by atoms with E-state index < -0.39 is 0 Å². The van der Waals surface area contributed by atoms with E-state index >= 15 is 0 Å². The zero-order chi connectivity index (χ0) is 9.80. The molecule has 1 heterocycles. The molecule has 1 fully saturated rings. The maximum absolute atomic E-state index is 5.89. The summed E-state index contributed by atoms with van der Waals surface area (Å²) in [6.45, 7) is 1.20. The van der Waals surface area contributed by atoms with Gasteiger partial charge in [-0.15, -0.1) is 0 Å². The first-order valence-electron chi connectivity index (χ1n) is 6.04. The van der Waals surface area contributed by atoms with E-state index in [0.717, 1.165) is 6.42 Å². The first kappa shape index (κ1) is 10.2. The lowest BCUT2D eigenvalue weighted by atomic mass is 9.89. The van der Waals surface area contributed by atoms with Gasteiger partial charge in [0.1, 0.15) is 0 Å². The van der Waals surface area contributed by atoms with Gasteiger partial charge in [-0.2, -0.15) is 0 Å². The van der Waals surface area contributed by atoms with Crippen molar-refractivity contribution in [2.75, 3.05) is 6.54 Å². The van der Waals surface area contributed by atoms with Crippen LogP contribution in [0.5, 0.6) is 0 Å². The van der Waals surface area contributed by atoms with Crippen molar-refractivity contribution in [2.45, 2.75) is 57.0 Å². The molecule has 2 rings (SSSR count). The molecule has 2 atom stereocenters. The van der Waals surface area contributed by atoms with E-state index in [1.807, 2.05) is 0 Å². The van der Waals surface area contributed by atoms with E-state index in [4.69, 9.17) is 5.73 Å². The zero-order valence-corrected chi connectivity index (χ0v) is 8.97. The molecule has 2 aliphatic rings. The van der Waals surface area contributed by atoms with Crippen LogP contribution in [0.15, 0.2) is 11.6 Å². The monoisotopic (exact) mass is 194 g/mol. The molecule has 0 aromatic rings. The molecule has 3 N–H and O–H groups in total. The maximum Gasteiger partial charge on any atom is 0.0279 e. The summed E-state index contributed by atoms with van der Waals surface area (Å²) in [5.74, 6) is 0.